The summed E-state index contributed by atoms with van der Waals surface area (Å²) < 4.78 is 13.9. The Bertz CT molecular complexity index is 566. The zero-order valence-electron chi connectivity index (χ0n) is 14.0. The van der Waals surface area contributed by atoms with Crippen molar-refractivity contribution in [2.75, 3.05) is 19.6 Å². The van der Waals surface area contributed by atoms with Gasteiger partial charge >= 0.3 is 0 Å². The first-order valence-corrected chi connectivity index (χ1v) is 8.93. The third kappa shape index (κ3) is 4.69. The van der Waals surface area contributed by atoms with E-state index in [1.807, 2.05) is 0 Å². The van der Waals surface area contributed by atoms with Crippen molar-refractivity contribution in [3.05, 3.63) is 34.6 Å². The second kappa shape index (κ2) is 9.02. The van der Waals surface area contributed by atoms with Gasteiger partial charge in [0.05, 0.1) is 10.6 Å². The van der Waals surface area contributed by atoms with E-state index in [1.54, 1.807) is 4.90 Å². The maximum absolute atomic E-state index is 13.9. The van der Waals surface area contributed by atoms with Crippen LogP contribution in [0.25, 0.3) is 0 Å². The average Bonchev–Trinajstić information content (AvgIpc) is 2.58. The van der Waals surface area contributed by atoms with E-state index in [1.165, 1.54) is 18.2 Å². The minimum Gasteiger partial charge on any atom is -0.356 e. The number of hydrogen-bond acceptors (Lipinski definition) is 2. The molecule has 1 aliphatic heterocycles. The Kier molecular flexibility index (Phi) is 7.03. The van der Waals surface area contributed by atoms with Crippen molar-refractivity contribution in [3.63, 3.8) is 0 Å². The Hall–Kier alpha value is -1.62. The molecule has 1 fully saturated rings. The van der Waals surface area contributed by atoms with E-state index in [9.17, 15) is 14.0 Å². The summed E-state index contributed by atoms with van der Waals surface area (Å²) in [5.41, 5.74) is -0.0818. The summed E-state index contributed by atoms with van der Waals surface area (Å²) in [5, 5.41) is 3.08. The SMILES string of the molecule is CCCCCNC(=O)C1CCN(C(=O)c2c(F)cccc2Cl)CC1. The minimum atomic E-state index is -0.608. The maximum atomic E-state index is 13.9. The molecular formula is C18H24ClFN2O2. The van der Waals surface area contributed by atoms with Crippen molar-refractivity contribution in [2.24, 2.45) is 5.92 Å². The molecule has 4 nitrogen and oxygen atoms in total. The molecule has 0 aromatic heterocycles. The number of amides is 2. The number of benzene rings is 1. The fraction of sp³-hybridized carbons (Fsp3) is 0.556. The van der Waals surface area contributed by atoms with Crippen LogP contribution in [0.4, 0.5) is 4.39 Å². The lowest BCUT2D eigenvalue weighted by Crippen LogP contribution is -2.43. The van der Waals surface area contributed by atoms with Gasteiger partial charge in [-0.2, -0.15) is 0 Å². The lowest BCUT2D eigenvalue weighted by molar-refractivity contribution is -0.126. The molecule has 1 saturated heterocycles. The molecule has 1 aromatic carbocycles. The second-order valence-corrected chi connectivity index (χ2v) is 6.57. The highest BCUT2D eigenvalue weighted by atomic mass is 35.5. The van der Waals surface area contributed by atoms with Crippen molar-refractivity contribution >= 4 is 23.4 Å². The van der Waals surface area contributed by atoms with Crippen LogP contribution in [0, 0.1) is 11.7 Å². The molecule has 24 heavy (non-hydrogen) atoms. The van der Waals surface area contributed by atoms with E-state index in [4.69, 9.17) is 11.6 Å². The largest absolute Gasteiger partial charge is 0.356 e. The van der Waals surface area contributed by atoms with Crippen molar-refractivity contribution < 1.29 is 14.0 Å². The minimum absolute atomic E-state index is 0.0575. The molecule has 6 heteroatoms. The topological polar surface area (TPSA) is 49.4 Å². The molecule has 1 heterocycles. The summed E-state index contributed by atoms with van der Waals surface area (Å²) in [6, 6.07) is 4.22. The van der Waals surface area contributed by atoms with E-state index in [0.717, 1.165) is 19.3 Å². The highest BCUT2D eigenvalue weighted by Gasteiger charge is 2.29. The fourth-order valence-electron chi connectivity index (χ4n) is 2.94. The lowest BCUT2D eigenvalue weighted by atomic mass is 9.95. The average molecular weight is 355 g/mol. The van der Waals surface area contributed by atoms with Gasteiger partial charge in [0.2, 0.25) is 5.91 Å². The molecule has 0 atom stereocenters. The van der Waals surface area contributed by atoms with E-state index < -0.39 is 11.7 Å². The first-order valence-electron chi connectivity index (χ1n) is 8.55. The second-order valence-electron chi connectivity index (χ2n) is 6.16. The first kappa shape index (κ1) is 18.7. The molecular weight excluding hydrogens is 331 g/mol. The third-order valence-electron chi connectivity index (χ3n) is 4.41. The van der Waals surface area contributed by atoms with E-state index in [2.05, 4.69) is 12.2 Å². The Morgan fingerprint density at radius 1 is 1.29 bits per heavy atom. The molecule has 132 valence electrons. The Balaban J connectivity index is 1.86. The lowest BCUT2D eigenvalue weighted by Gasteiger charge is -2.31. The van der Waals surface area contributed by atoms with Crippen LogP contribution < -0.4 is 5.32 Å². The van der Waals surface area contributed by atoms with Crippen LogP contribution in [0.15, 0.2) is 18.2 Å². The van der Waals surface area contributed by atoms with Gasteiger partial charge in [0.1, 0.15) is 5.82 Å². The molecule has 0 bridgehead atoms. The molecule has 1 aliphatic rings. The molecule has 0 spiro atoms. The molecule has 2 amide bonds. The van der Waals surface area contributed by atoms with E-state index >= 15 is 0 Å². The maximum Gasteiger partial charge on any atom is 0.258 e. The van der Waals surface area contributed by atoms with E-state index in [-0.39, 0.29) is 22.4 Å². The zero-order chi connectivity index (χ0) is 17.5. The number of carbonyl (C=O) groups is 2. The number of hydrogen-bond donors (Lipinski definition) is 1. The molecule has 1 N–H and O–H groups in total. The Labute approximate surface area is 147 Å². The Morgan fingerprint density at radius 2 is 2.00 bits per heavy atom. The quantitative estimate of drug-likeness (QED) is 0.793. The van der Waals surface area contributed by atoms with Crippen LogP contribution in [0.2, 0.25) is 5.02 Å². The monoisotopic (exact) mass is 354 g/mol. The fourth-order valence-corrected chi connectivity index (χ4v) is 3.18. The van der Waals surface area contributed by atoms with Gasteiger partial charge in [-0.3, -0.25) is 9.59 Å². The molecule has 0 radical (unpaired) electrons. The van der Waals surface area contributed by atoms with Gasteiger partial charge in [0.25, 0.3) is 5.91 Å². The van der Waals surface area contributed by atoms with Gasteiger partial charge in [-0.1, -0.05) is 37.4 Å². The number of nitrogens with one attached hydrogen (secondary N) is 1. The summed E-state index contributed by atoms with van der Waals surface area (Å²) in [4.78, 5) is 26.2. The number of halogens is 2. The van der Waals surface area contributed by atoms with Crippen LogP contribution in [-0.4, -0.2) is 36.3 Å². The smallest absolute Gasteiger partial charge is 0.258 e. The zero-order valence-corrected chi connectivity index (χ0v) is 14.7. The molecule has 0 saturated carbocycles. The summed E-state index contributed by atoms with van der Waals surface area (Å²) in [5.74, 6) is -1.03. The highest BCUT2D eigenvalue weighted by molar-refractivity contribution is 6.33. The highest BCUT2D eigenvalue weighted by Crippen LogP contribution is 2.24. The number of piperidine rings is 1. The third-order valence-corrected chi connectivity index (χ3v) is 4.72. The van der Waals surface area contributed by atoms with E-state index in [0.29, 0.717) is 32.5 Å². The summed E-state index contributed by atoms with van der Waals surface area (Å²) in [6.45, 7) is 3.71. The number of nitrogens with zero attached hydrogens (tertiary/aromatic N) is 1. The Morgan fingerprint density at radius 3 is 2.62 bits per heavy atom. The number of likely N-dealkylation sites (tertiary alicyclic amines) is 1. The van der Waals surface area contributed by atoms with Crippen LogP contribution in [-0.2, 0) is 4.79 Å². The van der Waals surface area contributed by atoms with Gasteiger partial charge in [-0.15, -0.1) is 0 Å². The summed E-state index contributed by atoms with van der Waals surface area (Å²) in [6.07, 6.45) is 4.41. The summed E-state index contributed by atoms with van der Waals surface area (Å²) in [7, 11) is 0. The van der Waals surface area contributed by atoms with Crippen molar-refractivity contribution in [1.29, 1.82) is 0 Å². The van der Waals surface area contributed by atoms with Crippen molar-refractivity contribution in [1.82, 2.24) is 10.2 Å². The van der Waals surface area contributed by atoms with Gasteiger partial charge in [0, 0.05) is 25.6 Å². The normalized spacial score (nSPS) is 15.4. The van der Waals surface area contributed by atoms with Crippen LogP contribution in [0.3, 0.4) is 0 Å². The van der Waals surface area contributed by atoms with Crippen molar-refractivity contribution in [2.45, 2.75) is 39.0 Å². The van der Waals surface area contributed by atoms with Gasteiger partial charge < -0.3 is 10.2 Å². The molecule has 2 rings (SSSR count). The molecule has 0 aliphatic carbocycles. The first-order chi connectivity index (χ1) is 11.5. The van der Waals surface area contributed by atoms with Crippen LogP contribution in [0.1, 0.15) is 49.4 Å². The van der Waals surface area contributed by atoms with Crippen molar-refractivity contribution in [3.8, 4) is 0 Å². The number of carbonyl (C=O) groups excluding carboxylic acids is 2. The molecule has 0 unspecified atom stereocenters. The van der Waals surface area contributed by atoms with Crippen LogP contribution >= 0.6 is 11.6 Å². The van der Waals surface area contributed by atoms with Gasteiger partial charge in [-0.25, -0.2) is 4.39 Å². The number of unbranched alkanes of at least 4 members (excludes halogenated alkanes) is 2. The van der Waals surface area contributed by atoms with Gasteiger partial charge in [0.15, 0.2) is 0 Å². The molecule has 1 aromatic rings. The van der Waals surface area contributed by atoms with Gasteiger partial charge in [-0.05, 0) is 31.4 Å². The summed E-state index contributed by atoms with van der Waals surface area (Å²) >= 11 is 5.95. The predicted molar refractivity (Wildman–Crippen MR) is 92.6 cm³/mol. The standard InChI is InChI=1S/C18H24ClFN2O2/c1-2-3-4-10-21-17(23)13-8-11-22(12-9-13)18(24)16-14(19)6-5-7-15(16)20/h5-7,13H,2-4,8-12H2,1H3,(H,21,23). The predicted octanol–water partition coefficient (Wildman–Crippen LogP) is 3.64. The van der Waals surface area contributed by atoms with Crippen LogP contribution in [0.5, 0.6) is 0 Å². The number of rotatable bonds is 6.